The van der Waals surface area contributed by atoms with Crippen molar-refractivity contribution in [3.63, 3.8) is 0 Å². The molecule has 55 heavy (non-hydrogen) atoms. The smallest absolute Gasteiger partial charge is 0.234 e. The second-order valence-corrected chi connectivity index (χ2v) is 14.7. The topological polar surface area (TPSA) is 17.3 Å². The number of hydrogen-bond acceptors (Lipinski definition) is 1. The number of aromatic nitrogens is 1. The van der Waals surface area contributed by atoms with Crippen molar-refractivity contribution in [3.8, 4) is 0 Å². The fraction of sp³-hybridized carbons (Fsp3) is 0.314. The van der Waals surface area contributed by atoms with Crippen molar-refractivity contribution in [2.45, 2.75) is 101 Å². The lowest BCUT2D eigenvalue weighted by molar-refractivity contribution is 0.977. The minimum absolute atomic E-state index is 0.118. The Hall–Kier alpha value is -4.82. The van der Waals surface area contributed by atoms with E-state index < -0.39 is 0 Å². The highest BCUT2D eigenvalue weighted by atomic mass is 14.9. The molecule has 0 bridgehead atoms. The van der Waals surface area contributed by atoms with Gasteiger partial charge in [-0.2, -0.15) is 0 Å². The maximum absolute atomic E-state index is 7.18. The van der Waals surface area contributed by atoms with Crippen molar-refractivity contribution < 1.29 is 0 Å². The van der Waals surface area contributed by atoms with Crippen molar-refractivity contribution in [2.24, 2.45) is 10.9 Å². The van der Waals surface area contributed by atoms with Gasteiger partial charge >= 0.3 is 0 Å². The number of rotatable bonds is 17. The van der Waals surface area contributed by atoms with Crippen LogP contribution in [0.15, 0.2) is 143 Å². The third-order valence-corrected chi connectivity index (χ3v) is 10.2. The summed E-state index contributed by atoms with van der Waals surface area (Å²) in [7, 11) is 13.2. The van der Waals surface area contributed by atoms with Gasteiger partial charge in [-0.1, -0.05) is 155 Å². The Bertz CT molecular complexity index is 2090. The van der Waals surface area contributed by atoms with Crippen molar-refractivity contribution in [1.82, 2.24) is 4.48 Å². The van der Waals surface area contributed by atoms with Crippen LogP contribution in [0.5, 0.6) is 0 Å². The molecule has 0 aliphatic carbocycles. The molecule has 2 nitrogen and oxygen atoms in total. The van der Waals surface area contributed by atoms with Crippen LogP contribution >= 0.6 is 0 Å². The van der Waals surface area contributed by atoms with Crippen molar-refractivity contribution >= 4 is 38.1 Å². The summed E-state index contributed by atoms with van der Waals surface area (Å²) < 4.78 is 1.92. The summed E-state index contributed by atoms with van der Waals surface area (Å²) in [5.41, 5.74) is 18.2. The van der Waals surface area contributed by atoms with E-state index in [-0.39, 0.29) is 5.92 Å². The lowest BCUT2D eigenvalue weighted by atomic mass is 9.90. The van der Waals surface area contributed by atoms with Gasteiger partial charge in [-0.3, -0.25) is 4.99 Å². The lowest BCUT2D eigenvalue weighted by Gasteiger charge is -2.18. The molecule has 1 unspecified atom stereocenters. The van der Waals surface area contributed by atoms with E-state index in [1.807, 2.05) is 22.7 Å². The summed E-state index contributed by atoms with van der Waals surface area (Å²) in [5, 5.41) is 0. The maximum Gasteiger partial charge on any atom is 0.234 e. The fourth-order valence-corrected chi connectivity index (χ4v) is 7.53. The standard InChI is InChI=1S/C51H60B2N2/c1-11-18-35(6)21-16-22-40(19-12-2)26-25-37(8)51-42(15-5)33-46(54-51)50(49-38(9)31-36(7)32-39(49)10)48-34-41(14-4)47(55(48)53)24-17-23-43(20-13-3)44-27-29-45(52)30-28-44/h12,16-21,23,25-34,37H,2,11,13-15,22,24H2,1,3-10H3/b21-16-,23-17-,26-25-,35-18-,40-19?,43-20+,50-46+. The molecule has 0 fully saturated rings. The number of aliphatic imine (C=N–C) groups is 1. The van der Waals surface area contributed by atoms with Gasteiger partial charge in [0, 0.05) is 29.3 Å². The molecule has 0 N–H and O–H groups in total. The predicted molar refractivity (Wildman–Crippen MR) is 245 cm³/mol. The number of hydrogen-bond donors (Lipinski definition) is 0. The number of aryl methyl sites for hydroxylation is 4. The highest BCUT2D eigenvalue weighted by Crippen LogP contribution is 2.39. The molecule has 0 amide bonds. The van der Waals surface area contributed by atoms with Crippen LogP contribution in [-0.2, 0) is 12.8 Å². The van der Waals surface area contributed by atoms with Crippen molar-refractivity contribution in [1.29, 1.82) is 0 Å². The zero-order valence-electron chi connectivity index (χ0n) is 35.0. The quantitative estimate of drug-likeness (QED) is 0.0975. The summed E-state index contributed by atoms with van der Waals surface area (Å²) >= 11 is 0. The Balaban J connectivity index is 1.81. The van der Waals surface area contributed by atoms with Gasteiger partial charge in [-0.15, -0.1) is 0 Å². The first kappa shape index (κ1) is 42.9. The molecule has 3 aromatic rings. The van der Waals surface area contributed by atoms with Crippen LogP contribution in [0, 0.1) is 26.7 Å². The van der Waals surface area contributed by atoms with Crippen LogP contribution in [0.25, 0.3) is 11.1 Å². The first-order valence-corrected chi connectivity index (χ1v) is 20.1. The molecule has 0 spiro atoms. The first-order valence-electron chi connectivity index (χ1n) is 20.1. The highest BCUT2D eigenvalue weighted by Gasteiger charge is 2.26. The Labute approximate surface area is 336 Å². The van der Waals surface area contributed by atoms with Crippen LogP contribution in [0.3, 0.4) is 0 Å². The summed E-state index contributed by atoms with van der Waals surface area (Å²) in [6.45, 7) is 23.7. The molecule has 1 aromatic heterocycles. The summed E-state index contributed by atoms with van der Waals surface area (Å²) in [4.78, 5) is 5.47. The fourth-order valence-electron chi connectivity index (χ4n) is 7.53. The van der Waals surface area contributed by atoms with Crippen LogP contribution < -0.4 is 5.46 Å². The van der Waals surface area contributed by atoms with E-state index in [1.54, 1.807) is 0 Å². The average Bonchev–Trinajstić information content (AvgIpc) is 3.72. The molecule has 0 saturated carbocycles. The second-order valence-electron chi connectivity index (χ2n) is 14.7. The SMILES string of the molecule is [B]c1ccc(C(/C=C\Cc2c(CC)cc(/C(=C3/C=C(CC)C(C(C)/C=C\C(=CC=C)C/C=C\C(C)=C/CC)=N3)c3c(C)cc(C)cc3C)n2[B])=C/CC)cc1. The Kier molecular flexibility index (Phi) is 16.2. The van der Waals surface area contributed by atoms with E-state index in [0.717, 1.165) is 71.5 Å². The molecule has 280 valence electrons. The summed E-state index contributed by atoms with van der Waals surface area (Å²) in [6.07, 6.45) is 29.5. The van der Waals surface area contributed by atoms with E-state index in [9.17, 15) is 0 Å². The molecule has 4 heteroatoms. The molecular weight excluding hydrogens is 662 g/mol. The minimum atomic E-state index is 0.118. The monoisotopic (exact) mass is 722 g/mol. The summed E-state index contributed by atoms with van der Waals surface area (Å²) in [6, 6.07) is 14.9. The molecule has 4 radical (unpaired) electrons. The molecule has 1 aliphatic rings. The van der Waals surface area contributed by atoms with Gasteiger partial charge in [-0.05, 0) is 116 Å². The van der Waals surface area contributed by atoms with Gasteiger partial charge in [-0.25, -0.2) is 0 Å². The third kappa shape index (κ3) is 11.1. The lowest BCUT2D eigenvalue weighted by Crippen LogP contribution is -2.09. The van der Waals surface area contributed by atoms with E-state index in [0.29, 0.717) is 6.42 Å². The number of nitrogens with zero attached hydrogens (tertiary/aromatic N) is 2. The molecule has 0 saturated heterocycles. The Morgan fingerprint density at radius 2 is 1.58 bits per heavy atom. The first-order chi connectivity index (χ1) is 26.4. The van der Waals surface area contributed by atoms with Crippen molar-refractivity contribution in [2.75, 3.05) is 0 Å². The minimum Gasteiger partial charge on any atom is -0.400 e. The zero-order valence-corrected chi connectivity index (χ0v) is 35.0. The maximum atomic E-state index is 7.18. The van der Waals surface area contributed by atoms with E-state index >= 15 is 0 Å². The Morgan fingerprint density at radius 3 is 2.20 bits per heavy atom. The zero-order chi connectivity index (χ0) is 40.1. The molecule has 2 heterocycles. The predicted octanol–water partition coefficient (Wildman–Crippen LogP) is 12.5. The van der Waals surface area contributed by atoms with Crippen LogP contribution in [0.4, 0.5) is 0 Å². The van der Waals surface area contributed by atoms with E-state index in [2.05, 4.69) is 160 Å². The third-order valence-electron chi connectivity index (χ3n) is 10.2. The van der Waals surface area contributed by atoms with Gasteiger partial charge in [0.25, 0.3) is 0 Å². The average molecular weight is 723 g/mol. The summed E-state index contributed by atoms with van der Waals surface area (Å²) in [5.74, 6) is 0.118. The van der Waals surface area contributed by atoms with Gasteiger partial charge in [0.2, 0.25) is 7.98 Å². The van der Waals surface area contributed by atoms with Crippen LogP contribution in [0.2, 0.25) is 0 Å². The molecule has 1 aliphatic heterocycles. The van der Waals surface area contributed by atoms with Gasteiger partial charge < -0.3 is 4.48 Å². The second kappa shape index (κ2) is 20.7. The Morgan fingerprint density at radius 1 is 0.891 bits per heavy atom. The van der Waals surface area contributed by atoms with Crippen molar-refractivity contribution in [3.05, 3.63) is 183 Å². The van der Waals surface area contributed by atoms with Gasteiger partial charge in [0.05, 0.1) is 11.4 Å². The van der Waals surface area contributed by atoms with Crippen LogP contribution in [0.1, 0.15) is 112 Å². The molecule has 4 rings (SSSR count). The van der Waals surface area contributed by atoms with E-state index in [1.165, 1.54) is 50.1 Å². The number of benzene rings is 2. The molecule has 1 atom stereocenters. The largest absolute Gasteiger partial charge is 0.400 e. The molecule has 2 aromatic carbocycles. The van der Waals surface area contributed by atoms with Gasteiger partial charge in [0.1, 0.15) is 7.85 Å². The number of allylic oxidation sites excluding steroid dienone is 15. The highest BCUT2D eigenvalue weighted by molar-refractivity contribution is 6.32. The normalized spacial score (nSPS) is 15.8. The van der Waals surface area contributed by atoms with Gasteiger partial charge in [0.15, 0.2) is 0 Å². The van der Waals surface area contributed by atoms with E-state index in [4.69, 9.17) is 20.8 Å². The van der Waals surface area contributed by atoms with Crippen LogP contribution in [-0.4, -0.2) is 26.0 Å². The molecular formula is C51H60B2N2.